The summed E-state index contributed by atoms with van der Waals surface area (Å²) < 4.78 is 5.27. The van der Waals surface area contributed by atoms with Gasteiger partial charge in [0, 0.05) is 4.38 Å². The van der Waals surface area contributed by atoms with Gasteiger partial charge < -0.3 is 29.6 Å². The van der Waals surface area contributed by atoms with Crippen molar-refractivity contribution in [2.45, 2.75) is 51.9 Å². The van der Waals surface area contributed by atoms with E-state index in [0.29, 0.717) is 6.61 Å². The summed E-state index contributed by atoms with van der Waals surface area (Å²) in [5, 5.41) is 0. The molecular formula is C10H19KOS2. The Morgan fingerprint density at radius 1 is 1.07 bits per heavy atom. The SMILES string of the molecule is CCCCCCCCCOC(=S)[S-].[K+]. The molecule has 0 bridgehead atoms. The number of rotatable bonds is 8. The first kappa shape index (κ1) is 18.1. The average Bonchev–Trinajstić information content (AvgIpc) is 2.09. The number of hydrogen-bond acceptors (Lipinski definition) is 3. The molecule has 0 unspecified atom stereocenters. The van der Waals surface area contributed by atoms with Crippen LogP contribution >= 0.6 is 12.2 Å². The number of ether oxygens (including phenoxy) is 1. The van der Waals surface area contributed by atoms with Gasteiger partial charge in [-0.3, -0.25) is 0 Å². The maximum Gasteiger partial charge on any atom is 1.00 e. The molecule has 0 saturated heterocycles. The van der Waals surface area contributed by atoms with Gasteiger partial charge in [-0.05, 0) is 6.42 Å². The van der Waals surface area contributed by atoms with E-state index in [1.54, 1.807) is 0 Å². The van der Waals surface area contributed by atoms with E-state index in [-0.39, 0.29) is 55.8 Å². The van der Waals surface area contributed by atoms with Crippen LogP contribution in [0.25, 0.3) is 0 Å². The molecule has 4 heteroatoms. The summed E-state index contributed by atoms with van der Waals surface area (Å²) in [6.07, 6.45) is 9.04. The molecule has 14 heavy (non-hydrogen) atoms. The van der Waals surface area contributed by atoms with Gasteiger partial charge in [0.15, 0.2) is 0 Å². The maximum absolute atomic E-state index is 5.02. The van der Waals surface area contributed by atoms with Crippen molar-refractivity contribution < 1.29 is 56.1 Å². The Morgan fingerprint density at radius 3 is 2.07 bits per heavy atom. The van der Waals surface area contributed by atoms with Crippen LogP contribution in [0.5, 0.6) is 0 Å². The molecule has 0 spiro atoms. The molecule has 0 aliphatic carbocycles. The van der Waals surface area contributed by atoms with Crippen molar-refractivity contribution in [1.29, 1.82) is 0 Å². The Kier molecular flexibility index (Phi) is 19.1. The van der Waals surface area contributed by atoms with Crippen LogP contribution in [0.3, 0.4) is 0 Å². The molecule has 78 valence electrons. The number of unbranched alkanes of at least 4 members (excludes halogenated alkanes) is 6. The van der Waals surface area contributed by atoms with Gasteiger partial charge in [-0.1, -0.05) is 45.4 Å². The maximum atomic E-state index is 5.02. The fourth-order valence-electron chi connectivity index (χ4n) is 1.21. The van der Waals surface area contributed by atoms with Crippen LogP contribution in [-0.4, -0.2) is 11.0 Å². The molecule has 0 aromatic heterocycles. The Bertz CT molecular complexity index is 131. The van der Waals surface area contributed by atoms with Crippen molar-refractivity contribution in [2.75, 3.05) is 6.61 Å². The van der Waals surface area contributed by atoms with Gasteiger partial charge in [-0.25, -0.2) is 0 Å². The first-order valence-corrected chi connectivity index (χ1v) is 5.92. The van der Waals surface area contributed by atoms with E-state index in [1.165, 1.54) is 38.5 Å². The topological polar surface area (TPSA) is 9.23 Å². The standard InChI is InChI=1S/C10H20OS2.K/c1-2-3-4-5-6-7-8-9-11-10(12)13;/h2-9H2,1H3,(H,12,13);/q;+1/p-1. The minimum absolute atomic E-state index is 0. The minimum Gasteiger partial charge on any atom is -0.514 e. The molecule has 0 N–H and O–H groups in total. The largest absolute Gasteiger partial charge is 1.00 e. The van der Waals surface area contributed by atoms with E-state index < -0.39 is 0 Å². The van der Waals surface area contributed by atoms with Crippen molar-refractivity contribution in [1.82, 2.24) is 0 Å². The molecule has 0 rings (SSSR count). The fourth-order valence-corrected chi connectivity index (χ4v) is 1.38. The molecule has 0 radical (unpaired) electrons. The Balaban J connectivity index is 0. The van der Waals surface area contributed by atoms with Crippen molar-refractivity contribution in [3.05, 3.63) is 0 Å². The van der Waals surface area contributed by atoms with Gasteiger partial charge in [0.2, 0.25) is 0 Å². The van der Waals surface area contributed by atoms with Gasteiger partial charge >= 0.3 is 51.4 Å². The van der Waals surface area contributed by atoms with Crippen molar-refractivity contribution in [2.24, 2.45) is 0 Å². The van der Waals surface area contributed by atoms with Crippen molar-refractivity contribution in [3.8, 4) is 0 Å². The summed E-state index contributed by atoms with van der Waals surface area (Å²) in [4.78, 5) is 0. The average molecular weight is 258 g/mol. The summed E-state index contributed by atoms with van der Waals surface area (Å²) in [5.74, 6) is 0. The van der Waals surface area contributed by atoms with Crippen molar-refractivity contribution >= 4 is 29.2 Å². The van der Waals surface area contributed by atoms with Gasteiger partial charge in [-0.15, -0.1) is 0 Å². The van der Waals surface area contributed by atoms with E-state index in [0.717, 1.165) is 6.42 Å². The summed E-state index contributed by atoms with van der Waals surface area (Å²) in [7, 11) is 0. The third-order valence-corrected chi connectivity index (χ3v) is 2.20. The van der Waals surface area contributed by atoms with E-state index in [1.807, 2.05) is 0 Å². The van der Waals surface area contributed by atoms with Crippen LogP contribution in [0.4, 0.5) is 0 Å². The molecule has 1 nitrogen and oxygen atoms in total. The van der Waals surface area contributed by atoms with Gasteiger partial charge in [-0.2, -0.15) is 0 Å². The molecular weight excluding hydrogens is 239 g/mol. The first-order chi connectivity index (χ1) is 6.27. The molecule has 0 aromatic carbocycles. The second-order valence-electron chi connectivity index (χ2n) is 3.22. The molecule has 0 heterocycles. The molecule has 0 aliphatic rings. The Labute approximate surface area is 142 Å². The zero-order valence-corrected chi connectivity index (χ0v) is 14.1. The predicted molar refractivity (Wildman–Crippen MR) is 63.9 cm³/mol. The monoisotopic (exact) mass is 258 g/mol. The van der Waals surface area contributed by atoms with Crippen LogP contribution < -0.4 is 51.4 Å². The second-order valence-corrected chi connectivity index (χ2v) is 4.22. The zero-order chi connectivity index (χ0) is 9.94. The fraction of sp³-hybridized carbons (Fsp3) is 0.900. The van der Waals surface area contributed by atoms with E-state index in [2.05, 4.69) is 31.8 Å². The number of thiocarbonyl (C=S) groups is 1. The van der Waals surface area contributed by atoms with Crippen LogP contribution in [-0.2, 0) is 17.4 Å². The molecule has 0 fully saturated rings. The van der Waals surface area contributed by atoms with Gasteiger partial charge in [0.25, 0.3) is 0 Å². The predicted octanol–water partition coefficient (Wildman–Crippen LogP) is 0.589. The number of hydrogen-bond donors (Lipinski definition) is 0. The smallest absolute Gasteiger partial charge is 0.514 e. The molecule has 0 amide bonds. The molecule has 0 atom stereocenters. The first-order valence-electron chi connectivity index (χ1n) is 5.11. The van der Waals surface area contributed by atoms with E-state index in [9.17, 15) is 0 Å². The van der Waals surface area contributed by atoms with Gasteiger partial charge in [0.1, 0.15) is 0 Å². The van der Waals surface area contributed by atoms with Gasteiger partial charge in [0.05, 0.1) is 6.61 Å². The molecule has 0 aliphatic heterocycles. The zero-order valence-electron chi connectivity index (χ0n) is 9.38. The van der Waals surface area contributed by atoms with Crippen molar-refractivity contribution in [3.63, 3.8) is 0 Å². The van der Waals surface area contributed by atoms with Crippen LogP contribution in [0, 0.1) is 0 Å². The molecule has 0 saturated carbocycles. The summed E-state index contributed by atoms with van der Waals surface area (Å²) in [6.45, 7) is 2.94. The Morgan fingerprint density at radius 2 is 1.57 bits per heavy atom. The van der Waals surface area contributed by atoms with Crippen LogP contribution in [0.2, 0.25) is 0 Å². The van der Waals surface area contributed by atoms with E-state index in [4.69, 9.17) is 4.74 Å². The molecule has 0 aromatic rings. The van der Waals surface area contributed by atoms with Crippen LogP contribution in [0.1, 0.15) is 51.9 Å². The second kappa shape index (κ2) is 14.7. The third-order valence-electron chi connectivity index (χ3n) is 1.97. The normalized spacial score (nSPS) is 9.21. The van der Waals surface area contributed by atoms with E-state index >= 15 is 0 Å². The van der Waals surface area contributed by atoms with Crippen LogP contribution in [0.15, 0.2) is 0 Å². The Hall–Kier alpha value is 1.75. The summed E-state index contributed by atoms with van der Waals surface area (Å²) >= 11 is 9.25. The minimum atomic E-state index is 0. The third kappa shape index (κ3) is 16.2. The summed E-state index contributed by atoms with van der Waals surface area (Å²) in [5.41, 5.74) is 0. The summed E-state index contributed by atoms with van der Waals surface area (Å²) in [6, 6.07) is 0. The quantitative estimate of drug-likeness (QED) is 0.273.